The Hall–Kier alpha value is -3.03. The van der Waals surface area contributed by atoms with Crippen molar-refractivity contribution in [1.82, 2.24) is 5.32 Å². The number of alkyl halides is 3. The van der Waals surface area contributed by atoms with E-state index in [-0.39, 0.29) is 30.2 Å². The summed E-state index contributed by atoms with van der Waals surface area (Å²) in [6.45, 7) is 1.49. The van der Waals surface area contributed by atoms with E-state index in [1.54, 1.807) is 30.3 Å². The SMILES string of the molecule is CC(=O)NCC1CN(c2ccc(-c3ccccc3)c(C(F)(F)F)c2)C(=O)O1. The highest BCUT2D eigenvalue weighted by Gasteiger charge is 2.37. The van der Waals surface area contributed by atoms with Crippen LogP contribution in [-0.2, 0) is 15.7 Å². The molecule has 1 N–H and O–H groups in total. The Morgan fingerprint density at radius 2 is 1.93 bits per heavy atom. The number of halogens is 3. The van der Waals surface area contributed by atoms with Crippen LogP contribution in [-0.4, -0.2) is 31.2 Å². The molecule has 5 nitrogen and oxygen atoms in total. The number of cyclic esters (lactones) is 1. The normalized spacial score (nSPS) is 17.0. The molecule has 1 heterocycles. The molecule has 0 aliphatic carbocycles. The molecule has 0 bridgehead atoms. The summed E-state index contributed by atoms with van der Waals surface area (Å²) in [6, 6.07) is 12.0. The van der Waals surface area contributed by atoms with E-state index in [1.165, 1.54) is 19.1 Å². The van der Waals surface area contributed by atoms with Gasteiger partial charge in [0.05, 0.1) is 18.7 Å². The molecule has 8 heteroatoms. The largest absolute Gasteiger partial charge is 0.442 e. The molecule has 27 heavy (non-hydrogen) atoms. The van der Waals surface area contributed by atoms with E-state index >= 15 is 0 Å². The summed E-state index contributed by atoms with van der Waals surface area (Å²) >= 11 is 0. The predicted octanol–water partition coefficient (Wildman–Crippen LogP) is 3.83. The van der Waals surface area contributed by atoms with Crippen LogP contribution in [0.4, 0.5) is 23.7 Å². The van der Waals surface area contributed by atoms with E-state index in [1.807, 2.05) is 0 Å². The van der Waals surface area contributed by atoms with Gasteiger partial charge in [-0.05, 0) is 23.3 Å². The minimum atomic E-state index is -4.58. The average Bonchev–Trinajstić information content (AvgIpc) is 3.00. The highest BCUT2D eigenvalue weighted by Crippen LogP contribution is 2.39. The number of carbonyl (C=O) groups is 2. The number of benzene rings is 2. The molecule has 0 spiro atoms. The Morgan fingerprint density at radius 1 is 1.22 bits per heavy atom. The van der Waals surface area contributed by atoms with Gasteiger partial charge in [-0.2, -0.15) is 13.2 Å². The summed E-state index contributed by atoms with van der Waals surface area (Å²) in [6.07, 6.45) is -5.95. The van der Waals surface area contributed by atoms with Gasteiger partial charge in [0.25, 0.3) is 0 Å². The lowest BCUT2D eigenvalue weighted by Gasteiger charge is -2.18. The third kappa shape index (κ3) is 4.21. The Balaban J connectivity index is 1.91. The fourth-order valence-corrected chi connectivity index (χ4v) is 2.90. The number of hydrogen-bond acceptors (Lipinski definition) is 3. The lowest BCUT2D eigenvalue weighted by atomic mass is 9.98. The van der Waals surface area contributed by atoms with Gasteiger partial charge in [0.15, 0.2) is 0 Å². The van der Waals surface area contributed by atoms with Crippen molar-refractivity contribution in [2.24, 2.45) is 0 Å². The van der Waals surface area contributed by atoms with Gasteiger partial charge >= 0.3 is 12.3 Å². The smallest absolute Gasteiger partial charge is 0.417 e. The zero-order valence-corrected chi connectivity index (χ0v) is 14.4. The van der Waals surface area contributed by atoms with Gasteiger partial charge in [-0.1, -0.05) is 36.4 Å². The van der Waals surface area contributed by atoms with Crippen LogP contribution in [0.5, 0.6) is 0 Å². The maximum Gasteiger partial charge on any atom is 0.417 e. The molecule has 0 saturated carbocycles. The van der Waals surface area contributed by atoms with E-state index < -0.39 is 23.9 Å². The van der Waals surface area contributed by atoms with Gasteiger partial charge < -0.3 is 10.1 Å². The second kappa shape index (κ2) is 7.30. The molecule has 3 rings (SSSR count). The molecular weight excluding hydrogens is 361 g/mol. The monoisotopic (exact) mass is 378 g/mol. The van der Waals surface area contributed by atoms with Gasteiger partial charge in [0.1, 0.15) is 6.10 Å². The van der Waals surface area contributed by atoms with Gasteiger partial charge in [0, 0.05) is 12.6 Å². The molecule has 2 aromatic rings. The Labute approximate surface area is 153 Å². The number of amides is 2. The van der Waals surface area contributed by atoms with Crippen molar-refractivity contribution in [2.45, 2.75) is 19.2 Å². The third-order valence-corrected chi connectivity index (χ3v) is 4.16. The summed E-state index contributed by atoms with van der Waals surface area (Å²) in [5.74, 6) is -0.281. The Bertz CT molecular complexity index is 853. The van der Waals surface area contributed by atoms with Crippen LogP contribution in [0, 0.1) is 0 Å². The molecule has 1 atom stereocenters. The van der Waals surface area contributed by atoms with E-state index in [0.717, 1.165) is 11.0 Å². The number of ether oxygens (including phenoxy) is 1. The predicted molar refractivity (Wildman–Crippen MR) is 93.2 cm³/mol. The first kappa shape index (κ1) is 18.8. The minimum Gasteiger partial charge on any atom is -0.442 e. The topological polar surface area (TPSA) is 58.6 Å². The number of carbonyl (C=O) groups excluding carboxylic acids is 2. The van der Waals surface area contributed by atoms with Crippen LogP contribution >= 0.6 is 0 Å². The Morgan fingerprint density at radius 3 is 2.56 bits per heavy atom. The Kier molecular flexibility index (Phi) is 5.07. The molecular formula is C19H17F3N2O3. The fraction of sp³-hybridized carbons (Fsp3) is 0.263. The van der Waals surface area contributed by atoms with Crippen molar-refractivity contribution in [1.29, 1.82) is 0 Å². The number of anilines is 1. The maximum absolute atomic E-state index is 13.6. The van der Waals surface area contributed by atoms with E-state index in [2.05, 4.69) is 5.32 Å². The molecule has 1 fully saturated rings. The summed E-state index contributed by atoms with van der Waals surface area (Å²) in [5.41, 5.74) is -0.264. The zero-order chi connectivity index (χ0) is 19.6. The molecule has 2 aromatic carbocycles. The van der Waals surface area contributed by atoms with Crippen molar-refractivity contribution in [3.63, 3.8) is 0 Å². The molecule has 0 aromatic heterocycles. The molecule has 1 aliphatic rings. The van der Waals surface area contributed by atoms with Crippen LogP contribution in [0.2, 0.25) is 0 Å². The molecule has 0 radical (unpaired) electrons. The average molecular weight is 378 g/mol. The molecule has 1 unspecified atom stereocenters. The van der Waals surface area contributed by atoms with Crippen molar-refractivity contribution < 1.29 is 27.5 Å². The van der Waals surface area contributed by atoms with Gasteiger partial charge in [0.2, 0.25) is 5.91 Å². The lowest BCUT2D eigenvalue weighted by Crippen LogP contribution is -2.33. The standard InChI is InChI=1S/C19H17F3N2O3/c1-12(25)23-10-15-11-24(18(26)27-15)14-7-8-16(13-5-3-2-4-6-13)17(9-14)19(20,21)22/h2-9,15H,10-11H2,1H3,(H,23,25). The van der Waals surface area contributed by atoms with Crippen molar-refractivity contribution >= 4 is 17.7 Å². The first-order valence-electron chi connectivity index (χ1n) is 8.25. The second-order valence-corrected chi connectivity index (χ2v) is 6.15. The number of nitrogens with one attached hydrogen (secondary N) is 1. The van der Waals surface area contributed by atoms with Crippen LogP contribution in [0.25, 0.3) is 11.1 Å². The lowest BCUT2D eigenvalue weighted by molar-refractivity contribution is -0.137. The van der Waals surface area contributed by atoms with E-state index in [9.17, 15) is 22.8 Å². The highest BCUT2D eigenvalue weighted by molar-refractivity contribution is 5.90. The summed E-state index contributed by atoms with van der Waals surface area (Å²) in [5, 5.41) is 2.52. The third-order valence-electron chi connectivity index (χ3n) is 4.16. The molecule has 142 valence electrons. The number of hydrogen-bond donors (Lipinski definition) is 1. The highest BCUT2D eigenvalue weighted by atomic mass is 19.4. The van der Waals surface area contributed by atoms with Crippen LogP contribution in [0.3, 0.4) is 0 Å². The second-order valence-electron chi connectivity index (χ2n) is 6.15. The first-order valence-corrected chi connectivity index (χ1v) is 8.25. The summed E-state index contributed by atoms with van der Waals surface area (Å²) in [7, 11) is 0. The quantitative estimate of drug-likeness (QED) is 0.880. The minimum absolute atomic E-state index is 0.0363. The number of nitrogens with zero attached hydrogens (tertiary/aromatic N) is 1. The van der Waals surface area contributed by atoms with Crippen LogP contribution < -0.4 is 10.2 Å². The van der Waals surface area contributed by atoms with Crippen LogP contribution in [0.1, 0.15) is 12.5 Å². The van der Waals surface area contributed by atoms with Crippen LogP contribution in [0.15, 0.2) is 48.5 Å². The van der Waals surface area contributed by atoms with Gasteiger partial charge in [-0.25, -0.2) is 4.79 Å². The summed E-state index contributed by atoms with van der Waals surface area (Å²) < 4.78 is 45.9. The summed E-state index contributed by atoms with van der Waals surface area (Å²) in [4.78, 5) is 24.2. The zero-order valence-electron chi connectivity index (χ0n) is 14.4. The van der Waals surface area contributed by atoms with E-state index in [0.29, 0.717) is 5.56 Å². The maximum atomic E-state index is 13.6. The molecule has 1 saturated heterocycles. The van der Waals surface area contributed by atoms with Crippen molar-refractivity contribution in [3.05, 3.63) is 54.1 Å². The molecule has 1 aliphatic heterocycles. The molecule has 2 amide bonds. The van der Waals surface area contributed by atoms with Crippen molar-refractivity contribution in [2.75, 3.05) is 18.0 Å². The van der Waals surface area contributed by atoms with Gasteiger partial charge in [-0.15, -0.1) is 0 Å². The fourth-order valence-electron chi connectivity index (χ4n) is 2.90. The van der Waals surface area contributed by atoms with Gasteiger partial charge in [-0.3, -0.25) is 9.69 Å². The number of rotatable bonds is 4. The van der Waals surface area contributed by atoms with Crippen molar-refractivity contribution in [3.8, 4) is 11.1 Å². The first-order chi connectivity index (χ1) is 12.8. The van der Waals surface area contributed by atoms with E-state index in [4.69, 9.17) is 4.74 Å².